The monoisotopic (exact) mass is 244 g/mol. The Kier molecular flexibility index (Phi) is 2.37. The van der Waals surface area contributed by atoms with Crippen LogP contribution in [0.3, 0.4) is 0 Å². The highest BCUT2D eigenvalue weighted by molar-refractivity contribution is 7.15. The molecule has 2 aromatic rings. The van der Waals surface area contributed by atoms with Crippen LogP contribution in [0.5, 0.6) is 5.88 Å². The van der Waals surface area contributed by atoms with Gasteiger partial charge in [0.05, 0.1) is 0 Å². The van der Waals surface area contributed by atoms with E-state index in [-0.39, 0.29) is 5.56 Å². The molecule has 0 radical (unpaired) electrons. The van der Waals surface area contributed by atoms with Gasteiger partial charge in [-0.2, -0.15) is 0 Å². The van der Waals surface area contributed by atoms with Crippen molar-refractivity contribution in [3.63, 3.8) is 0 Å². The summed E-state index contributed by atoms with van der Waals surface area (Å²) in [6, 6.07) is 1.59. The summed E-state index contributed by atoms with van der Waals surface area (Å²) in [5, 5.41) is 11.1. The minimum atomic E-state index is -0.757. The van der Waals surface area contributed by atoms with Crippen molar-refractivity contribution >= 4 is 22.9 Å². The fourth-order valence-corrected chi connectivity index (χ4v) is 2.13. The molecule has 0 fully saturated rings. The zero-order valence-electron chi connectivity index (χ0n) is 7.20. The lowest BCUT2D eigenvalue weighted by Gasteiger charge is -2.00. The average molecular weight is 245 g/mol. The van der Waals surface area contributed by atoms with Gasteiger partial charge in [0.1, 0.15) is 9.90 Å². The molecule has 0 aromatic carbocycles. The van der Waals surface area contributed by atoms with Crippen molar-refractivity contribution in [3.05, 3.63) is 36.6 Å². The summed E-state index contributed by atoms with van der Waals surface area (Å²) in [6.45, 7) is 0. The average Bonchev–Trinajstić information content (AvgIpc) is 2.50. The smallest absolute Gasteiger partial charge is 0.328 e. The molecule has 0 aliphatic heterocycles. The fourth-order valence-electron chi connectivity index (χ4n) is 1.20. The standard InChI is InChI=1S/C8H5ClN2O3S/c9-5-3(1-2-15-5)4-6(12)10-8(14)11-7(4)13/h1-2H,(H3,10,11,12,13,14). The van der Waals surface area contributed by atoms with Crippen molar-refractivity contribution < 1.29 is 5.11 Å². The van der Waals surface area contributed by atoms with E-state index in [0.29, 0.717) is 9.90 Å². The van der Waals surface area contributed by atoms with Gasteiger partial charge in [-0.15, -0.1) is 11.3 Å². The molecule has 78 valence electrons. The maximum absolute atomic E-state index is 11.4. The quantitative estimate of drug-likeness (QED) is 0.703. The van der Waals surface area contributed by atoms with Crippen molar-refractivity contribution in [2.45, 2.75) is 0 Å². The summed E-state index contributed by atoms with van der Waals surface area (Å²) >= 11 is 7.05. The second-order valence-electron chi connectivity index (χ2n) is 2.74. The Labute approximate surface area is 92.0 Å². The van der Waals surface area contributed by atoms with Gasteiger partial charge in [-0.3, -0.25) is 14.8 Å². The number of rotatable bonds is 1. The molecule has 0 saturated carbocycles. The third-order valence-electron chi connectivity index (χ3n) is 1.81. The topological polar surface area (TPSA) is 85.9 Å². The maximum atomic E-state index is 11.4. The second-order valence-corrected chi connectivity index (χ2v) is 4.26. The predicted molar refractivity (Wildman–Crippen MR) is 57.7 cm³/mol. The summed E-state index contributed by atoms with van der Waals surface area (Å²) in [4.78, 5) is 26.3. The molecule has 0 unspecified atom stereocenters. The number of aromatic hydroxyl groups is 1. The number of nitrogens with one attached hydrogen (secondary N) is 2. The Balaban J connectivity index is 2.80. The molecule has 3 N–H and O–H groups in total. The van der Waals surface area contributed by atoms with Crippen LogP contribution >= 0.6 is 22.9 Å². The van der Waals surface area contributed by atoms with Gasteiger partial charge < -0.3 is 5.11 Å². The van der Waals surface area contributed by atoms with E-state index in [4.69, 9.17) is 11.6 Å². The number of halogens is 1. The van der Waals surface area contributed by atoms with E-state index in [1.54, 1.807) is 11.4 Å². The number of aromatic amines is 2. The molecule has 7 heteroatoms. The van der Waals surface area contributed by atoms with Crippen LogP contribution < -0.4 is 11.2 Å². The van der Waals surface area contributed by atoms with Gasteiger partial charge in [0.2, 0.25) is 5.88 Å². The van der Waals surface area contributed by atoms with E-state index in [9.17, 15) is 14.7 Å². The van der Waals surface area contributed by atoms with Crippen LogP contribution in [-0.2, 0) is 0 Å². The molecule has 15 heavy (non-hydrogen) atoms. The molecule has 2 heterocycles. The molecule has 5 nitrogen and oxygen atoms in total. The van der Waals surface area contributed by atoms with Crippen molar-refractivity contribution in [2.75, 3.05) is 0 Å². The Morgan fingerprint density at radius 2 is 2.07 bits per heavy atom. The molecular weight excluding hydrogens is 240 g/mol. The Morgan fingerprint density at radius 1 is 1.33 bits per heavy atom. The Hall–Kier alpha value is -1.53. The van der Waals surface area contributed by atoms with E-state index in [1.165, 1.54) is 11.3 Å². The van der Waals surface area contributed by atoms with Gasteiger partial charge >= 0.3 is 5.69 Å². The van der Waals surface area contributed by atoms with Gasteiger partial charge in [0, 0.05) is 5.56 Å². The molecular formula is C8H5ClN2O3S. The Bertz CT molecular complexity index is 613. The minimum absolute atomic E-state index is 0.0270. The van der Waals surface area contributed by atoms with Gasteiger partial charge in [0.25, 0.3) is 5.56 Å². The zero-order valence-corrected chi connectivity index (χ0v) is 8.78. The van der Waals surface area contributed by atoms with Crippen molar-refractivity contribution in [3.8, 4) is 17.0 Å². The summed E-state index contributed by atoms with van der Waals surface area (Å²) < 4.78 is 0.378. The summed E-state index contributed by atoms with van der Waals surface area (Å²) in [5.41, 5.74) is -1.05. The third kappa shape index (κ3) is 1.69. The number of aromatic nitrogens is 2. The van der Waals surface area contributed by atoms with E-state index in [2.05, 4.69) is 4.98 Å². The summed E-state index contributed by atoms with van der Waals surface area (Å²) in [7, 11) is 0. The number of H-pyrrole nitrogens is 2. The SMILES string of the molecule is O=c1[nH]c(O)c(-c2ccsc2Cl)c(=O)[nH]1. The zero-order chi connectivity index (χ0) is 11.0. The van der Waals surface area contributed by atoms with Gasteiger partial charge in [-0.25, -0.2) is 4.79 Å². The van der Waals surface area contributed by atoms with Crippen LogP contribution in [0.4, 0.5) is 0 Å². The highest BCUT2D eigenvalue weighted by Crippen LogP contribution is 2.33. The first-order valence-electron chi connectivity index (χ1n) is 3.88. The van der Waals surface area contributed by atoms with E-state index in [1.807, 2.05) is 4.98 Å². The molecule has 0 spiro atoms. The predicted octanol–water partition coefficient (Wildman–Crippen LogP) is 1.15. The van der Waals surface area contributed by atoms with Crippen molar-refractivity contribution in [1.82, 2.24) is 9.97 Å². The van der Waals surface area contributed by atoms with Crippen LogP contribution in [0.25, 0.3) is 11.1 Å². The molecule has 0 bridgehead atoms. The lowest BCUT2D eigenvalue weighted by Crippen LogP contribution is -2.22. The van der Waals surface area contributed by atoms with Crippen LogP contribution in [0, 0.1) is 0 Å². The van der Waals surface area contributed by atoms with Crippen molar-refractivity contribution in [2.24, 2.45) is 0 Å². The first kappa shape index (κ1) is 10.0. The molecule has 0 aliphatic rings. The lowest BCUT2D eigenvalue weighted by molar-refractivity contribution is 0.451. The first-order chi connectivity index (χ1) is 7.09. The van der Waals surface area contributed by atoms with E-state index in [0.717, 1.165) is 0 Å². The van der Waals surface area contributed by atoms with Crippen LogP contribution in [0.1, 0.15) is 0 Å². The number of hydrogen-bond acceptors (Lipinski definition) is 4. The Morgan fingerprint density at radius 3 is 2.60 bits per heavy atom. The number of thiophene rings is 1. The molecule has 0 aliphatic carbocycles. The fraction of sp³-hybridized carbons (Fsp3) is 0. The third-order valence-corrected chi connectivity index (χ3v) is 2.98. The highest BCUT2D eigenvalue weighted by Gasteiger charge is 2.14. The molecule has 0 amide bonds. The van der Waals surface area contributed by atoms with Crippen LogP contribution in [0.15, 0.2) is 21.0 Å². The number of hydrogen-bond donors (Lipinski definition) is 3. The van der Waals surface area contributed by atoms with E-state index >= 15 is 0 Å². The summed E-state index contributed by atoms with van der Waals surface area (Å²) in [6.07, 6.45) is 0. The van der Waals surface area contributed by atoms with Crippen LogP contribution in [-0.4, -0.2) is 15.1 Å². The molecule has 0 saturated heterocycles. The van der Waals surface area contributed by atoms with Crippen molar-refractivity contribution in [1.29, 1.82) is 0 Å². The maximum Gasteiger partial charge on any atom is 0.328 e. The molecule has 0 atom stereocenters. The second kappa shape index (κ2) is 3.56. The van der Waals surface area contributed by atoms with E-state index < -0.39 is 17.1 Å². The molecule has 2 rings (SSSR count). The first-order valence-corrected chi connectivity index (χ1v) is 5.14. The summed E-state index contributed by atoms with van der Waals surface area (Å²) in [5.74, 6) is -0.482. The van der Waals surface area contributed by atoms with Crippen LogP contribution in [0.2, 0.25) is 4.34 Å². The largest absolute Gasteiger partial charge is 0.494 e. The lowest BCUT2D eigenvalue weighted by atomic mass is 10.2. The highest BCUT2D eigenvalue weighted by atomic mass is 35.5. The normalized spacial score (nSPS) is 10.5. The van der Waals surface area contributed by atoms with Gasteiger partial charge in [-0.1, -0.05) is 11.6 Å². The molecule has 2 aromatic heterocycles. The van der Waals surface area contributed by atoms with Gasteiger partial charge in [0.15, 0.2) is 0 Å². The minimum Gasteiger partial charge on any atom is -0.494 e. The van der Waals surface area contributed by atoms with Gasteiger partial charge in [-0.05, 0) is 11.4 Å².